The first-order valence-electron chi connectivity index (χ1n) is 8.93. The number of hydrogen-bond donors (Lipinski definition) is 1. The molecule has 0 aromatic carbocycles. The minimum Gasteiger partial charge on any atom is -0.312 e. The van der Waals surface area contributed by atoms with E-state index in [1.165, 1.54) is 24.1 Å². The Morgan fingerprint density at radius 2 is 2.14 bits per heavy atom. The highest BCUT2D eigenvalue weighted by atomic mass is 16.1. The first kappa shape index (κ1) is 15.8. The number of nitrogens with one attached hydrogen (secondary N) is 1. The van der Waals surface area contributed by atoms with E-state index >= 15 is 0 Å². The monoisotopic (exact) mass is 303 g/mol. The molecule has 1 aromatic heterocycles. The van der Waals surface area contributed by atoms with Crippen LogP contribution < -0.4 is 10.9 Å². The number of likely N-dealkylation sites (N-methyl/N-ethyl adjacent to an activating group) is 1. The highest BCUT2D eigenvalue weighted by Gasteiger charge is 2.23. The van der Waals surface area contributed by atoms with E-state index < -0.39 is 0 Å². The van der Waals surface area contributed by atoms with E-state index in [0.717, 1.165) is 57.5 Å². The summed E-state index contributed by atoms with van der Waals surface area (Å²) in [6, 6.07) is 2.82. The van der Waals surface area contributed by atoms with Crippen LogP contribution in [0.25, 0.3) is 0 Å². The fourth-order valence-corrected chi connectivity index (χ4v) is 3.33. The topological polar surface area (TPSA) is 37.3 Å². The summed E-state index contributed by atoms with van der Waals surface area (Å²) < 4.78 is 2.08. The van der Waals surface area contributed by atoms with Crippen molar-refractivity contribution in [3.63, 3.8) is 0 Å². The summed E-state index contributed by atoms with van der Waals surface area (Å²) in [5.74, 6) is 0. The molecule has 0 atom stereocenters. The molecule has 22 heavy (non-hydrogen) atoms. The van der Waals surface area contributed by atoms with Gasteiger partial charge in [-0.2, -0.15) is 0 Å². The van der Waals surface area contributed by atoms with Gasteiger partial charge in [0.2, 0.25) is 0 Å². The number of nitrogens with zero attached hydrogens (tertiary/aromatic N) is 2. The third-order valence-electron chi connectivity index (χ3n) is 4.96. The molecule has 2 aliphatic rings. The van der Waals surface area contributed by atoms with Crippen LogP contribution in [0, 0.1) is 0 Å². The van der Waals surface area contributed by atoms with Crippen molar-refractivity contribution >= 4 is 0 Å². The third-order valence-corrected chi connectivity index (χ3v) is 4.96. The summed E-state index contributed by atoms with van der Waals surface area (Å²) in [4.78, 5) is 15.3. The lowest BCUT2D eigenvalue weighted by Crippen LogP contribution is -2.37. The van der Waals surface area contributed by atoms with Crippen molar-refractivity contribution in [3.8, 4) is 0 Å². The third kappa shape index (κ3) is 3.44. The second-order valence-corrected chi connectivity index (χ2v) is 6.73. The van der Waals surface area contributed by atoms with Gasteiger partial charge in [0.25, 0.3) is 5.56 Å². The molecule has 0 unspecified atom stereocenters. The molecule has 1 N–H and O–H groups in total. The molecule has 3 rings (SSSR count). The number of pyridine rings is 1. The summed E-state index contributed by atoms with van der Waals surface area (Å²) in [5, 5.41) is 3.50. The summed E-state index contributed by atoms with van der Waals surface area (Å²) in [7, 11) is 0. The van der Waals surface area contributed by atoms with Crippen molar-refractivity contribution in [3.05, 3.63) is 33.2 Å². The molecule has 0 saturated heterocycles. The molecule has 0 amide bonds. The van der Waals surface area contributed by atoms with Gasteiger partial charge in [0.05, 0.1) is 0 Å². The van der Waals surface area contributed by atoms with Gasteiger partial charge < -0.3 is 9.88 Å². The normalized spacial score (nSPS) is 18.5. The summed E-state index contributed by atoms with van der Waals surface area (Å²) >= 11 is 0. The Kier molecular flexibility index (Phi) is 4.99. The molecule has 0 spiro atoms. The lowest BCUT2D eigenvalue weighted by Gasteiger charge is -2.30. The van der Waals surface area contributed by atoms with Crippen LogP contribution >= 0.6 is 0 Å². The first-order valence-corrected chi connectivity index (χ1v) is 8.93. The van der Waals surface area contributed by atoms with Gasteiger partial charge >= 0.3 is 0 Å². The van der Waals surface area contributed by atoms with Gasteiger partial charge in [-0.1, -0.05) is 20.3 Å². The molecule has 1 saturated carbocycles. The quantitative estimate of drug-likeness (QED) is 0.840. The van der Waals surface area contributed by atoms with E-state index in [4.69, 9.17) is 0 Å². The Labute approximate surface area is 133 Å². The minimum absolute atomic E-state index is 0.241. The molecule has 1 aliphatic carbocycles. The molecule has 4 heteroatoms. The van der Waals surface area contributed by atoms with E-state index in [9.17, 15) is 4.79 Å². The zero-order chi connectivity index (χ0) is 15.5. The molecule has 0 radical (unpaired) electrons. The number of hydrogen-bond acceptors (Lipinski definition) is 3. The van der Waals surface area contributed by atoms with E-state index in [1.807, 2.05) is 0 Å². The molecule has 1 aliphatic heterocycles. The van der Waals surface area contributed by atoms with Crippen LogP contribution in [-0.4, -0.2) is 28.6 Å². The van der Waals surface area contributed by atoms with Gasteiger partial charge in [0.15, 0.2) is 0 Å². The maximum atomic E-state index is 12.8. The molecule has 122 valence electrons. The zero-order valence-electron chi connectivity index (χ0n) is 14.0. The Bertz CT molecular complexity index is 574. The smallest absolute Gasteiger partial charge is 0.255 e. The molecule has 0 bridgehead atoms. The predicted molar refractivity (Wildman–Crippen MR) is 90.1 cm³/mol. The average Bonchev–Trinajstić information content (AvgIpc) is 3.36. The predicted octanol–water partition coefficient (Wildman–Crippen LogP) is 2.28. The van der Waals surface area contributed by atoms with E-state index in [0.29, 0.717) is 6.04 Å². The van der Waals surface area contributed by atoms with Crippen molar-refractivity contribution in [2.24, 2.45) is 0 Å². The van der Waals surface area contributed by atoms with E-state index in [2.05, 4.69) is 34.7 Å². The summed E-state index contributed by atoms with van der Waals surface area (Å²) in [6.45, 7) is 9.17. The van der Waals surface area contributed by atoms with Crippen molar-refractivity contribution in [2.75, 3.05) is 13.1 Å². The van der Waals surface area contributed by atoms with Crippen molar-refractivity contribution < 1.29 is 0 Å². The Hall–Kier alpha value is -1.13. The van der Waals surface area contributed by atoms with Gasteiger partial charge in [0, 0.05) is 49.9 Å². The van der Waals surface area contributed by atoms with Crippen LogP contribution in [-0.2, 0) is 26.1 Å². The molecular weight excluding hydrogens is 274 g/mol. The van der Waals surface area contributed by atoms with Crippen LogP contribution in [0.15, 0.2) is 10.9 Å². The fraction of sp³-hybridized carbons (Fsp3) is 0.722. The highest BCUT2D eigenvalue weighted by Crippen LogP contribution is 2.21. The van der Waals surface area contributed by atoms with Gasteiger partial charge in [0.1, 0.15) is 0 Å². The van der Waals surface area contributed by atoms with Crippen LogP contribution in [0.2, 0.25) is 0 Å². The molecule has 1 fully saturated rings. The average molecular weight is 303 g/mol. The van der Waals surface area contributed by atoms with Gasteiger partial charge in [-0.3, -0.25) is 9.69 Å². The summed E-state index contributed by atoms with van der Waals surface area (Å²) in [5.41, 5.74) is 3.86. The molecule has 2 heterocycles. The standard InChI is InChI=1S/C18H29N3O/c1-3-5-9-21-17-8-10-20(4-2)13-15(17)11-14(18(21)22)12-19-16-6-7-16/h11,16,19H,3-10,12-13H2,1-2H3. The number of aromatic nitrogens is 1. The summed E-state index contributed by atoms with van der Waals surface area (Å²) in [6.07, 6.45) is 5.76. The number of unbranched alkanes of at least 4 members (excludes halogenated alkanes) is 1. The maximum absolute atomic E-state index is 12.8. The zero-order valence-corrected chi connectivity index (χ0v) is 14.0. The highest BCUT2D eigenvalue weighted by molar-refractivity contribution is 5.29. The van der Waals surface area contributed by atoms with E-state index in [1.54, 1.807) is 0 Å². The van der Waals surface area contributed by atoms with Crippen molar-refractivity contribution in [1.82, 2.24) is 14.8 Å². The SMILES string of the molecule is CCCCn1c2c(cc(CNC3CC3)c1=O)CN(CC)CC2. The first-order chi connectivity index (χ1) is 10.7. The number of fused-ring (bicyclic) bond motifs is 1. The fourth-order valence-electron chi connectivity index (χ4n) is 3.33. The molecule has 1 aromatic rings. The van der Waals surface area contributed by atoms with Gasteiger partial charge in [-0.15, -0.1) is 0 Å². The lowest BCUT2D eigenvalue weighted by molar-refractivity contribution is 0.261. The second-order valence-electron chi connectivity index (χ2n) is 6.73. The largest absolute Gasteiger partial charge is 0.312 e. The molecule has 4 nitrogen and oxygen atoms in total. The van der Waals surface area contributed by atoms with Gasteiger partial charge in [-0.05, 0) is 37.4 Å². The minimum atomic E-state index is 0.241. The van der Waals surface area contributed by atoms with Crippen molar-refractivity contribution in [2.45, 2.75) is 71.6 Å². The van der Waals surface area contributed by atoms with Crippen LogP contribution in [0.3, 0.4) is 0 Å². The van der Waals surface area contributed by atoms with Crippen molar-refractivity contribution in [1.29, 1.82) is 0 Å². The van der Waals surface area contributed by atoms with Crippen LogP contribution in [0.1, 0.15) is 56.4 Å². The Morgan fingerprint density at radius 3 is 2.82 bits per heavy atom. The lowest BCUT2D eigenvalue weighted by atomic mass is 10.0. The molecular formula is C18H29N3O. The van der Waals surface area contributed by atoms with Crippen LogP contribution in [0.4, 0.5) is 0 Å². The van der Waals surface area contributed by atoms with E-state index in [-0.39, 0.29) is 5.56 Å². The number of rotatable bonds is 7. The Morgan fingerprint density at radius 1 is 1.32 bits per heavy atom. The van der Waals surface area contributed by atoms with Crippen LogP contribution in [0.5, 0.6) is 0 Å². The Balaban J connectivity index is 1.90. The van der Waals surface area contributed by atoms with Gasteiger partial charge in [-0.25, -0.2) is 0 Å². The second kappa shape index (κ2) is 6.97. The maximum Gasteiger partial charge on any atom is 0.255 e.